The summed E-state index contributed by atoms with van der Waals surface area (Å²) in [5.74, 6) is 0.866. The number of fused-ring (bicyclic) bond motifs is 2. The van der Waals surface area contributed by atoms with E-state index in [-0.39, 0.29) is 16.2 Å². The van der Waals surface area contributed by atoms with E-state index in [1.165, 1.54) is 0 Å². The fourth-order valence-corrected chi connectivity index (χ4v) is 5.43. The number of hydrogen-bond acceptors (Lipinski definition) is 1. The molecule has 0 amide bonds. The van der Waals surface area contributed by atoms with Crippen LogP contribution in [-0.4, -0.2) is 16.5 Å². The topological polar surface area (TPSA) is 17.1 Å². The Balaban J connectivity index is 2.51. The summed E-state index contributed by atoms with van der Waals surface area (Å²) in [5.41, 5.74) is -0.209. The van der Waals surface area contributed by atoms with Crippen LogP contribution in [0.5, 0.6) is 0 Å². The Bertz CT molecular complexity index is 264. The van der Waals surface area contributed by atoms with Gasteiger partial charge in [0.15, 0.2) is 0 Å². The summed E-state index contributed by atoms with van der Waals surface area (Å²) in [6, 6.07) is 0. The average Bonchev–Trinajstić information content (AvgIpc) is 2.31. The van der Waals surface area contributed by atoms with E-state index in [0.717, 1.165) is 18.2 Å². The summed E-state index contributed by atoms with van der Waals surface area (Å²) in [7, 11) is 0. The number of halogens is 2. The summed E-state index contributed by atoms with van der Waals surface area (Å²) in [5, 5.41) is 0.754. The van der Waals surface area contributed by atoms with Crippen molar-refractivity contribution in [2.45, 2.75) is 32.1 Å². The second kappa shape index (κ2) is 2.73. The Morgan fingerprint density at radius 1 is 1.62 bits per heavy atom. The summed E-state index contributed by atoms with van der Waals surface area (Å²) in [6.07, 6.45) is 1.74. The molecule has 0 radical (unpaired) electrons. The van der Waals surface area contributed by atoms with E-state index in [9.17, 15) is 4.79 Å². The molecule has 0 saturated heterocycles. The SMILES string of the molecule is CC1(C)C2CC(=O)C1(CBr)C(Cl)C2. The average molecular weight is 266 g/mol. The zero-order chi connectivity index (χ0) is 9.85. The number of carbonyl (C=O) groups excluding carboxylic acids is 1. The number of hydrogen-bond donors (Lipinski definition) is 0. The van der Waals surface area contributed by atoms with Gasteiger partial charge >= 0.3 is 0 Å². The van der Waals surface area contributed by atoms with Crippen molar-refractivity contribution >= 4 is 33.3 Å². The molecule has 3 unspecified atom stereocenters. The molecule has 2 rings (SSSR count). The first kappa shape index (κ1) is 9.97. The minimum absolute atomic E-state index is 0.0353. The maximum atomic E-state index is 11.9. The van der Waals surface area contributed by atoms with Crippen molar-refractivity contribution in [2.75, 3.05) is 5.33 Å². The lowest BCUT2D eigenvalue weighted by atomic mass is 9.70. The molecule has 0 aromatic rings. The lowest BCUT2D eigenvalue weighted by molar-refractivity contribution is -0.127. The molecule has 0 N–H and O–H groups in total. The molecule has 0 aromatic carbocycles. The maximum Gasteiger partial charge on any atom is 0.142 e. The summed E-state index contributed by atoms with van der Waals surface area (Å²) in [4.78, 5) is 11.9. The Morgan fingerprint density at radius 2 is 2.23 bits per heavy atom. The van der Waals surface area contributed by atoms with Gasteiger partial charge in [0.25, 0.3) is 0 Å². The van der Waals surface area contributed by atoms with Gasteiger partial charge < -0.3 is 0 Å². The van der Waals surface area contributed by atoms with E-state index >= 15 is 0 Å². The molecule has 2 bridgehead atoms. The molecule has 1 nitrogen and oxygen atoms in total. The molecule has 0 spiro atoms. The summed E-state index contributed by atoms with van der Waals surface area (Å²) < 4.78 is 0. The molecule has 2 aliphatic rings. The Hall–Kier alpha value is 0.440. The zero-order valence-corrected chi connectivity index (χ0v) is 10.3. The van der Waals surface area contributed by atoms with E-state index in [4.69, 9.17) is 11.6 Å². The van der Waals surface area contributed by atoms with Gasteiger partial charge in [-0.15, -0.1) is 11.6 Å². The third-order valence-corrected chi connectivity index (χ3v) is 5.77. The van der Waals surface area contributed by atoms with Crippen molar-refractivity contribution in [1.82, 2.24) is 0 Å². The van der Waals surface area contributed by atoms with Gasteiger partial charge in [-0.1, -0.05) is 29.8 Å². The fourth-order valence-electron chi connectivity index (χ4n) is 3.12. The van der Waals surface area contributed by atoms with Crippen LogP contribution < -0.4 is 0 Å². The molecular formula is C10H14BrClO. The third-order valence-electron chi connectivity index (χ3n) is 4.34. The van der Waals surface area contributed by atoms with Gasteiger partial charge in [-0.05, 0) is 17.8 Å². The highest BCUT2D eigenvalue weighted by molar-refractivity contribution is 9.09. The highest BCUT2D eigenvalue weighted by Gasteiger charge is 2.67. The summed E-state index contributed by atoms with van der Waals surface area (Å²) in [6.45, 7) is 4.37. The van der Waals surface area contributed by atoms with Crippen molar-refractivity contribution in [1.29, 1.82) is 0 Å². The Morgan fingerprint density at radius 3 is 2.54 bits per heavy atom. The lowest BCUT2D eigenvalue weighted by Crippen LogP contribution is -2.43. The second-order valence-electron chi connectivity index (χ2n) is 4.85. The Kier molecular flexibility index (Phi) is 2.09. The van der Waals surface area contributed by atoms with E-state index in [0.29, 0.717) is 11.7 Å². The first-order chi connectivity index (χ1) is 5.96. The first-order valence-corrected chi connectivity index (χ1v) is 6.26. The van der Waals surface area contributed by atoms with Gasteiger partial charge in [0.05, 0.1) is 5.41 Å². The molecule has 0 heterocycles. The minimum atomic E-state index is -0.292. The normalized spacial score (nSPS) is 47.2. The van der Waals surface area contributed by atoms with Crippen molar-refractivity contribution < 1.29 is 4.79 Å². The maximum absolute atomic E-state index is 11.9. The van der Waals surface area contributed by atoms with Crippen molar-refractivity contribution in [3.8, 4) is 0 Å². The molecule has 0 aliphatic heterocycles. The van der Waals surface area contributed by atoms with Crippen molar-refractivity contribution in [3.05, 3.63) is 0 Å². The van der Waals surface area contributed by atoms with Crippen molar-refractivity contribution in [3.63, 3.8) is 0 Å². The predicted octanol–water partition coefficient (Wildman–Crippen LogP) is 2.99. The molecule has 74 valence electrons. The lowest BCUT2D eigenvalue weighted by Gasteiger charge is -2.37. The highest BCUT2D eigenvalue weighted by Crippen LogP contribution is 2.65. The molecule has 2 aliphatic carbocycles. The summed E-state index contributed by atoms with van der Waals surface area (Å²) >= 11 is 9.77. The van der Waals surface area contributed by atoms with Gasteiger partial charge in [0, 0.05) is 17.1 Å². The van der Waals surface area contributed by atoms with Crippen molar-refractivity contribution in [2.24, 2.45) is 16.7 Å². The number of ketones is 1. The van der Waals surface area contributed by atoms with Crippen LogP contribution in [0.1, 0.15) is 26.7 Å². The van der Waals surface area contributed by atoms with Gasteiger partial charge in [0.1, 0.15) is 5.78 Å². The molecule has 2 saturated carbocycles. The zero-order valence-electron chi connectivity index (χ0n) is 7.94. The van der Waals surface area contributed by atoms with Crippen LogP contribution in [0, 0.1) is 16.7 Å². The smallest absolute Gasteiger partial charge is 0.142 e. The van der Waals surface area contributed by atoms with Crippen LogP contribution in [0.3, 0.4) is 0 Å². The molecule has 3 heteroatoms. The van der Waals surface area contributed by atoms with E-state index in [1.807, 2.05) is 0 Å². The number of Topliss-reactive ketones (excluding diaryl/α,β-unsaturated/α-hetero) is 1. The van der Waals surface area contributed by atoms with Crippen LogP contribution in [0.4, 0.5) is 0 Å². The second-order valence-corrected chi connectivity index (χ2v) is 5.94. The minimum Gasteiger partial charge on any atom is -0.299 e. The molecule has 2 fully saturated rings. The van der Waals surface area contributed by atoms with Gasteiger partial charge in [-0.2, -0.15) is 0 Å². The van der Waals surface area contributed by atoms with Crippen LogP contribution in [-0.2, 0) is 4.79 Å². The molecular weight excluding hydrogens is 251 g/mol. The predicted molar refractivity (Wildman–Crippen MR) is 57.4 cm³/mol. The van der Waals surface area contributed by atoms with Gasteiger partial charge in [-0.25, -0.2) is 0 Å². The van der Waals surface area contributed by atoms with E-state index in [1.54, 1.807) is 0 Å². The third kappa shape index (κ3) is 0.918. The number of rotatable bonds is 1. The van der Waals surface area contributed by atoms with Gasteiger partial charge in [0.2, 0.25) is 0 Å². The Labute approximate surface area is 92.3 Å². The quantitative estimate of drug-likeness (QED) is 0.666. The highest BCUT2D eigenvalue weighted by atomic mass is 79.9. The van der Waals surface area contributed by atoms with Crippen LogP contribution in [0.2, 0.25) is 0 Å². The van der Waals surface area contributed by atoms with E-state index < -0.39 is 0 Å². The number of carbonyl (C=O) groups is 1. The first-order valence-electron chi connectivity index (χ1n) is 4.70. The fraction of sp³-hybridized carbons (Fsp3) is 0.900. The van der Waals surface area contributed by atoms with Crippen LogP contribution in [0.15, 0.2) is 0 Å². The van der Waals surface area contributed by atoms with Crippen LogP contribution >= 0.6 is 27.5 Å². The largest absolute Gasteiger partial charge is 0.299 e. The monoisotopic (exact) mass is 264 g/mol. The molecule has 0 aromatic heterocycles. The number of alkyl halides is 2. The molecule has 3 atom stereocenters. The van der Waals surface area contributed by atoms with E-state index in [2.05, 4.69) is 29.8 Å². The van der Waals surface area contributed by atoms with Crippen LogP contribution in [0.25, 0.3) is 0 Å². The standard InChI is InChI=1S/C10H14BrClO/c1-9(2)6-3-7(12)10(9,5-11)8(13)4-6/h6-7H,3-5H2,1-2H3. The van der Waals surface area contributed by atoms with Gasteiger partial charge in [-0.3, -0.25) is 4.79 Å². The molecule has 13 heavy (non-hydrogen) atoms.